The van der Waals surface area contributed by atoms with Crippen molar-refractivity contribution in [1.82, 2.24) is 9.97 Å². The molecule has 0 spiro atoms. The molecular formula is C17H17ClFN3. The first-order valence-electron chi connectivity index (χ1n) is 7.79. The molecule has 0 bridgehead atoms. The van der Waals surface area contributed by atoms with Crippen molar-refractivity contribution in [3.05, 3.63) is 52.2 Å². The van der Waals surface area contributed by atoms with Gasteiger partial charge >= 0.3 is 0 Å². The van der Waals surface area contributed by atoms with Gasteiger partial charge < -0.3 is 4.90 Å². The van der Waals surface area contributed by atoms with Crippen LogP contribution in [0, 0.1) is 5.82 Å². The van der Waals surface area contributed by atoms with Crippen LogP contribution in [0.1, 0.15) is 42.0 Å². The van der Waals surface area contributed by atoms with Gasteiger partial charge in [-0.2, -0.15) is 0 Å². The van der Waals surface area contributed by atoms with Gasteiger partial charge in [-0.05, 0) is 55.0 Å². The first-order valence-corrected chi connectivity index (χ1v) is 8.17. The van der Waals surface area contributed by atoms with E-state index in [4.69, 9.17) is 11.6 Å². The quantitative estimate of drug-likeness (QED) is 0.785. The summed E-state index contributed by atoms with van der Waals surface area (Å²) in [5.74, 6) is 0.995. The van der Waals surface area contributed by atoms with Gasteiger partial charge in [0.15, 0.2) is 0 Å². The molecule has 1 saturated heterocycles. The fourth-order valence-electron chi connectivity index (χ4n) is 3.62. The Morgan fingerprint density at radius 1 is 1.09 bits per heavy atom. The van der Waals surface area contributed by atoms with Crippen molar-refractivity contribution in [2.45, 2.75) is 31.6 Å². The van der Waals surface area contributed by atoms with Crippen molar-refractivity contribution in [3.8, 4) is 0 Å². The molecule has 1 aromatic carbocycles. The fraction of sp³-hybridized carbons (Fsp3) is 0.412. The number of halogens is 2. The van der Waals surface area contributed by atoms with Crippen LogP contribution in [0.5, 0.6) is 0 Å². The van der Waals surface area contributed by atoms with E-state index in [2.05, 4.69) is 14.9 Å². The van der Waals surface area contributed by atoms with Gasteiger partial charge in [0.05, 0.1) is 5.69 Å². The average molecular weight is 318 g/mol. The van der Waals surface area contributed by atoms with Gasteiger partial charge in [0.25, 0.3) is 0 Å². The minimum atomic E-state index is -0.208. The van der Waals surface area contributed by atoms with Crippen LogP contribution in [0.15, 0.2) is 24.3 Å². The predicted octanol–water partition coefficient (Wildman–Crippen LogP) is 3.95. The Bertz CT molecular complexity index is 696. The van der Waals surface area contributed by atoms with E-state index < -0.39 is 0 Å². The summed E-state index contributed by atoms with van der Waals surface area (Å²) in [6, 6.07) is 6.72. The maximum absolute atomic E-state index is 13.1. The second kappa shape index (κ2) is 5.51. The minimum absolute atomic E-state index is 0.192. The molecule has 1 unspecified atom stereocenters. The molecule has 22 heavy (non-hydrogen) atoms. The lowest BCUT2D eigenvalue weighted by Crippen LogP contribution is -2.21. The van der Waals surface area contributed by atoms with Crippen LogP contribution < -0.4 is 4.90 Å². The largest absolute Gasteiger partial charge is 0.356 e. The molecule has 4 rings (SSSR count). The van der Waals surface area contributed by atoms with Crippen molar-refractivity contribution < 1.29 is 4.39 Å². The van der Waals surface area contributed by atoms with E-state index in [0.29, 0.717) is 5.28 Å². The molecule has 0 saturated carbocycles. The molecule has 0 N–H and O–H groups in total. The van der Waals surface area contributed by atoms with Crippen molar-refractivity contribution >= 4 is 17.4 Å². The first-order chi connectivity index (χ1) is 10.7. The van der Waals surface area contributed by atoms with Gasteiger partial charge in [0.1, 0.15) is 11.6 Å². The number of hydrogen-bond acceptors (Lipinski definition) is 3. The maximum atomic E-state index is 13.1. The molecule has 1 aliphatic heterocycles. The molecule has 5 heteroatoms. The standard InChI is InChI=1S/C17H17ClFN3/c18-17-20-15-13(11-3-5-12(19)6-4-11)7-8-14(15)16(21-17)22-9-1-2-10-22/h3-6,13H,1-2,7-10H2. The average Bonchev–Trinajstić information content (AvgIpc) is 3.16. The number of benzene rings is 1. The van der Waals surface area contributed by atoms with E-state index in [0.717, 1.165) is 43.0 Å². The topological polar surface area (TPSA) is 29.0 Å². The lowest BCUT2D eigenvalue weighted by atomic mass is 9.97. The van der Waals surface area contributed by atoms with Gasteiger partial charge in [-0.15, -0.1) is 0 Å². The summed E-state index contributed by atoms with van der Waals surface area (Å²) in [7, 11) is 0. The van der Waals surface area contributed by atoms with Crippen LogP contribution >= 0.6 is 11.6 Å². The van der Waals surface area contributed by atoms with Gasteiger partial charge in [-0.25, -0.2) is 14.4 Å². The molecule has 1 atom stereocenters. The predicted molar refractivity (Wildman–Crippen MR) is 85.1 cm³/mol. The fourth-order valence-corrected chi connectivity index (χ4v) is 3.80. The number of rotatable bonds is 2. The Balaban J connectivity index is 1.76. The third-order valence-electron chi connectivity index (χ3n) is 4.68. The molecule has 1 aromatic heterocycles. The Labute approximate surface area is 134 Å². The Hall–Kier alpha value is -1.68. The summed E-state index contributed by atoms with van der Waals surface area (Å²) in [6.07, 6.45) is 4.35. The molecule has 3 nitrogen and oxygen atoms in total. The van der Waals surface area contributed by atoms with Crippen molar-refractivity contribution in [1.29, 1.82) is 0 Å². The summed E-state index contributed by atoms with van der Waals surface area (Å²) in [5, 5.41) is 0.315. The molecule has 2 aliphatic rings. The number of fused-ring (bicyclic) bond motifs is 1. The van der Waals surface area contributed by atoms with Gasteiger partial charge in [0.2, 0.25) is 5.28 Å². The number of hydrogen-bond donors (Lipinski definition) is 0. The van der Waals surface area contributed by atoms with Crippen LogP contribution in [0.3, 0.4) is 0 Å². The van der Waals surface area contributed by atoms with Crippen LogP contribution in [0.4, 0.5) is 10.2 Å². The smallest absolute Gasteiger partial charge is 0.224 e. The molecule has 2 aromatic rings. The summed E-state index contributed by atoms with van der Waals surface area (Å²) >= 11 is 6.18. The molecule has 1 aliphatic carbocycles. The third-order valence-corrected chi connectivity index (χ3v) is 4.85. The number of anilines is 1. The highest BCUT2D eigenvalue weighted by Crippen LogP contribution is 2.41. The monoisotopic (exact) mass is 317 g/mol. The third kappa shape index (κ3) is 2.35. The number of nitrogens with zero attached hydrogens (tertiary/aromatic N) is 3. The van der Waals surface area contributed by atoms with E-state index in [1.54, 1.807) is 0 Å². The van der Waals surface area contributed by atoms with Crippen molar-refractivity contribution in [2.75, 3.05) is 18.0 Å². The summed E-state index contributed by atoms with van der Waals surface area (Å²) in [4.78, 5) is 11.3. The lowest BCUT2D eigenvalue weighted by molar-refractivity contribution is 0.625. The van der Waals surface area contributed by atoms with Gasteiger partial charge in [-0.1, -0.05) is 12.1 Å². The zero-order valence-corrected chi connectivity index (χ0v) is 13.0. The summed E-state index contributed by atoms with van der Waals surface area (Å²) in [6.45, 7) is 2.09. The minimum Gasteiger partial charge on any atom is -0.356 e. The van der Waals surface area contributed by atoms with Crippen LogP contribution in [0.2, 0.25) is 5.28 Å². The number of aromatic nitrogens is 2. The second-order valence-corrected chi connectivity index (χ2v) is 6.36. The molecule has 0 amide bonds. The normalized spacial score (nSPS) is 20.5. The molecular weight excluding hydrogens is 301 g/mol. The first kappa shape index (κ1) is 13.9. The van der Waals surface area contributed by atoms with E-state index in [-0.39, 0.29) is 11.7 Å². The summed E-state index contributed by atoms with van der Waals surface area (Å²) < 4.78 is 13.1. The van der Waals surface area contributed by atoms with Crippen LogP contribution in [-0.2, 0) is 6.42 Å². The molecule has 114 valence electrons. The van der Waals surface area contributed by atoms with E-state index in [1.165, 1.54) is 30.5 Å². The SMILES string of the molecule is Fc1ccc(C2CCc3c2nc(Cl)nc3N2CCCC2)cc1. The van der Waals surface area contributed by atoms with Crippen LogP contribution in [-0.4, -0.2) is 23.1 Å². The Kier molecular flexibility index (Phi) is 3.49. The highest BCUT2D eigenvalue weighted by molar-refractivity contribution is 6.28. The van der Waals surface area contributed by atoms with E-state index in [9.17, 15) is 4.39 Å². The highest BCUT2D eigenvalue weighted by Gasteiger charge is 2.31. The van der Waals surface area contributed by atoms with Gasteiger partial charge in [-0.3, -0.25) is 0 Å². The summed E-state index contributed by atoms with van der Waals surface area (Å²) in [5.41, 5.74) is 3.34. The zero-order chi connectivity index (χ0) is 15.1. The molecule has 1 fully saturated rings. The Morgan fingerprint density at radius 3 is 2.55 bits per heavy atom. The van der Waals surface area contributed by atoms with E-state index >= 15 is 0 Å². The Morgan fingerprint density at radius 2 is 1.82 bits per heavy atom. The van der Waals surface area contributed by atoms with Crippen molar-refractivity contribution in [3.63, 3.8) is 0 Å². The maximum Gasteiger partial charge on any atom is 0.224 e. The molecule has 2 heterocycles. The van der Waals surface area contributed by atoms with Crippen molar-refractivity contribution in [2.24, 2.45) is 0 Å². The second-order valence-electron chi connectivity index (χ2n) is 6.02. The van der Waals surface area contributed by atoms with E-state index in [1.807, 2.05) is 12.1 Å². The van der Waals surface area contributed by atoms with Crippen LogP contribution in [0.25, 0.3) is 0 Å². The molecule has 0 radical (unpaired) electrons. The van der Waals surface area contributed by atoms with Gasteiger partial charge in [0, 0.05) is 24.6 Å². The zero-order valence-electron chi connectivity index (χ0n) is 12.2. The highest BCUT2D eigenvalue weighted by atomic mass is 35.5. The lowest BCUT2D eigenvalue weighted by Gasteiger charge is -2.20.